The zero-order valence-electron chi connectivity index (χ0n) is 11.1. The molecule has 0 aromatic carbocycles. The van der Waals surface area contributed by atoms with E-state index in [4.69, 9.17) is 0 Å². The number of nitrogens with one attached hydrogen (secondary N) is 1. The van der Waals surface area contributed by atoms with Crippen molar-refractivity contribution in [3.8, 4) is 0 Å². The zero-order valence-corrected chi connectivity index (χ0v) is 11.1. The summed E-state index contributed by atoms with van der Waals surface area (Å²) in [5, 5.41) is 3.49. The van der Waals surface area contributed by atoms with Crippen molar-refractivity contribution < 1.29 is 0 Å². The van der Waals surface area contributed by atoms with E-state index in [1.807, 2.05) is 0 Å². The van der Waals surface area contributed by atoms with Crippen molar-refractivity contribution in [3.05, 3.63) is 0 Å². The lowest BCUT2D eigenvalue weighted by Crippen LogP contribution is -2.52. The summed E-state index contributed by atoms with van der Waals surface area (Å²) in [6.07, 6.45) is 4.22. The lowest BCUT2D eigenvalue weighted by Gasteiger charge is -2.39. The molecule has 16 heavy (non-hydrogen) atoms. The molecule has 94 valence electrons. The number of nitrogens with zero attached hydrogens (tertiary/aromatic N) is 2. The van der Waals surface area contributed by atoms with Crippen LogP contribution in [0.15, 0.2) is 0 Å². The smallest absolute Gasteiger partial charge is 0.0192 e. The van der Waals surface area contributed by atoms with Gasteiger partial charge in [0.15, 0.2) is 0 Å². The Bertz CT molecular complexity index is 219. The third-order valence-corrected chi connectivity index (χ3v) is 4.57. The maximum absolute atomic E-state index is 3.49. The van der Waals surface area contributed by atoms with E-state index in [0.717, 1.165) is 18.0 Å². The summed E-state index contributed by atoms with van der Waals surface area (Å²) in [6.45, 7) is 7.40. The molecule has 1 aliphatic carbocycles. The molecule has 2 aliphatic rings. The Morgan fingerprint density at radius 2 is 2.06 bits per heavy atom. The molecule has 0 aromatic rings. The average Bonchev–Trinajstić information content (AvgIpc) is 2.71. The van der Waals surface area contributed by atoms with E-state index in [0.29, 0.717) is 0 Å². The van der Waals surface area contributed by atoms with Gasteiger partial charge in [-0.1, -0.05) is 6.42 Å². The monoisotopic (exact) mass is 225 g/mol. The first-order valence-electron chi connectivity index (χ1n) is 6.80. The standard InChI is InChI=1S/C13H27N3/c1-11-9-16(8-7-15(11)3)10-12-5-4-6-13(12)14-2/h11-14H,4-10H2,1-3H3. The van der Waals surface area contributed by atoms with Crippen LogP contribution >= 0.6 is 0 Å². The van der Waals surface area contributed by atoms with Crippen LogP contribution in [0.2, 0.25) is 0 Å². The van der Waals surface area contributed by atoms with Gasteiger partial charge in [-0.3, -0.25) is 0 Å². The van der Waals surface area contributed by atoms with Crippen LogP contribution in [0.3, 0.4) is 0 Å². The third-order valence-electron chi connectivity index (χ3n) is 4.57. The Morgan fingerprint density at radius 1 is 1.25 bits per heavy atom. The maximum Gasteiger partial charge on any atom is 0.0192 e. The quantitative estimate of drug-likeness (QED) is 0.773. The third kappa shape index (κ3) is 2.76. The van der Waals surface area contributed by atoms with Crippen LogP contribution < -0.4 is 5.32 Å². The largest absolute Gasteiger partial charge is 0.317 e. The molecule has 1 saturated heterocycles. The second kappa shape index (κ2) is 5.48. The van der Waals surface area contributed by atoms with Crippen molar-refractivity contribution in [1.82, 2.24) is 15.1 Å². The molecule has 0 bridgehead atoms. The molecular weight excluding hydrogens is 198 g/mol. The number of piperazine rings is 1. The first-order valence-corrected chi connectivity index (χ1v) is 6.80. The summed E-state index contributed by atoms with van der Waals surface area (Å²) in [5.74, 6) is 0.889. The number of rotatable bonds is 3. The number of hydrogen-bond donors (Lipinski definition) is 1. The minimum absolute atomic E-state index is 0.725. The molecule has 0 amide bonds. The molecule has 1 saturated carbocycles. The van der Waals surface area contributed by atoms with Crippen molar-refractivity contribution in [2.45, 2.75) is 38.3 Å². The minimum Gasteiger partial charge on any atom is -0.317 e. The van der Waals surface area contributed by atoms with E-state index in [1.54, 1.807) is 0 Å². The van der Waals surface area contributed by atoms with Gasteiger partial charge in [-0.05, 0) is 39.8 Å². The second-order valence-electron chi connectivity index (χ2n) is 5.68. The molecule has 0 spiro atoms. The predicted molar refractivity (Wildman–Crippen MR) is 68.7 cm³/mol. The highest BCUT2D eigenvalue weighted by atomic mass is 15.3. The summed E-state index contributed by atoms with van der Waals surface area (Å²) < 4.78 is 0. The molecule has 1 aliphatic heterocycles. The molecule has 2 rings (SSSR count). The van der Waals surface area contributed by atoms with Gasteiger partial charge in [0, 0.05) is 38.3 Å². The Morgan fingerprint density at radius 3 is 2.75 bits per heavy atom. The van der Waals surface area contributed by atoms with Gasteiger partial charge in [-0.15, -0.1) is 0 Å². The molecule has 0 aromatic heterocycles. The summed E-state index contributed by atoms with van der Waals surface area (Å²) in [7, 11) is 4.36. The van der Waals surface area contributed by atoms with Gasteiger partial charge in [0.2, 0.25) is 0 Å². The Balaban J connectivity index is 1.81. The summed E-state index contributed by atoms with van der Waals surface area (Å²) in [5.41, 5.74) is 0. The fourth-order valence-corrected chi connectivity index (χ4v) is 3.26. The molecule has 3 atom stereocenters. The van der Waals surface area contributed by atoms with Crippen molar-refractivity contribution in [1.29, 1.82) is 0 Å². The summed E-state index contributed by atoms with van der Waals surface area (Å²) >= 11 is 0. The van der Waals surface area contributed by atoms with Crippen molar-refractivity contribution in [2.24, 2.45) is 5.92 Å². The topological polar surface area (TPSA) is 18.5 Å². The van der Waals surface area contributed by atoms with E-state index in [-0.39, 0.29) is 0 Å². The van der Waals surface area contributed by atoms with E-state index in [1.165, 1.54) is 45.4 Å². The fraction of sp³-hybridized carbons (Fsp3) is 1.00. The van der Waals surface area contributed by atoms with Gasteiger partial charge in [-0.25, -0.2) is 0 Å². The molecule has 1 heterocycles. The minimum atomic E-state index is 0.725. The van der Waals surface area contributed by atoms with Gasteiger partial charge in [0.25, 0.3) is 0 Å². The van der Waals surface area contributed by atoms with E-state index in [9.17, 15) is 0 Å². The average molecular weight is 225 g/mol. The SMILES string of the molecule is CNC1CCCC1CN1CCN(C)C(C)C1. The van der Waals surface area contributed by atoms with Gasteiger partial charge in [-0.2, -0.15) is 0 Å². The molecular formula is C13H27N3. The normalized spacial score (nSPS) is 38.1. The van der Waals surface area contributed by atoms with Crippen LogP contribution in [0.25, 0.3) is 0 Å². The molecule has 1 N–H and O–H groups in total. The van der Waals surface area contributed by atoms with Crippen LogP contribution in [-0.4, -0.2) is 62.2 Å². The van der Waals surface area contributed by atoms with Crippen LogP contribution in [0.1, 0.15) is 26.2 Å². The second-order valence-corrected chi connectivity index (χ2v) is 5.68. The van der Waals surface area contributed by atoms with Crippen LogP contribution in [0.4, 0.5) is 0 Å². The molecule has 0 radical (unpaired) electrons. The van der Waals surface area contributed by atoms with Crippen molar-refractivity contribution in [2.75, 3.05) is 40.3 Å². The summed E-state index contributed by atoms with van der Waals surface area (Å²) in [6, 6.07) is 1.50. The van der Waals surface area contributed by atoms with Gasteiger partial charge < -0.3 is 15.1 Å². The van der Waals surface area contributed by atoms with Gasteiger partial charge >= 0.3 is 0 Å². The molecule has 2 fully saturated rings. The van der Waals surface area contributed by atoms with Gasteiger partial charge in [0.05, 0.1) is 0 Å². The maximum atomic E-state index is 3.49. The zero-order chi connectivity index (χ0) is 11.5. The molecule has 3 nitrogen and oxygen atoms in total. The van der Waals surface area contributed by atoms with Crippen LogP contribution in [0.5, 0.6) is 0 Å². The Hall–Kier alpha value is -0.120. The Labute approximate surface area is 100 Å². The predicted octanol–water partition coefficient (Wildman–Crippen LogP) is 1.01. The lowest BCUT2D eigenvalue weighted by molar-refractivity contribution is 0.0894. The highest BCUT2D eigenvalue weighted by Gasteiger charge is 2.29. The number of likely N-dealkylation sites (N-methyl/N-ethyl adjacent to an activating group) is 1. The first kappa shape index (κ1) is 12.3. The lowest BCUT2D eigenvalue weighted by atomic mass is 10.0. The highest BCUT2D eigenvalue weighted by Crippen LogP contribution is 2.26. The van der Waals surface area contributed by atoms with Gasteiger partial charge in [0.1, 0.15) is 0 Å². The summed E-state index contributed by atoms with van der Waals surface area (Å²) in [4.78, 5) is 5.14. The van der Waals surface area contributed by atoms with Crippen molar-refractivity contribution in [3.63, 3.8) is 0 Å². The van der Waals surface area contributed by atoms with E-state index >= 15 is 0 Å². The van der Waals surface area contributed by atoms with Crippen molar-refractivity contribution >= 4 is 0 Å². The number of hydrogen-bond acceptors (Lipinski definition) is 3. The highest BCUT2D eigenvalue weighted by molar-refractivity contribution is 4.86. The fourth-order valence-electron chi connectivity index (χ4n) is 3.26. The van der Waals surface area contributed by atoms with E-state index in [2.05, 4.69) is 36.1 Å². The molecule has 3 unspecified atom stereocenters. The Kier molecular flexibility index (Phi) is 4.22. The van der Waals surface area contributed by atoms with E-state index < -0.39 is 0 Å². The molecule has 3 heteroatoms. The first-order chi connectivity index (χ1) is 7.70. The van der Waals surface area contributed by atoms with Crippen LogP contribution in [-0.2, 0) is 0 Å². The van der Waals surface area contributed by atoms with Crippen LogP contribution in [0, 0.1) is 5.92 Å².